The molecule has 0 radical (unpaired) electrons. The Morgan fingerprint density at radius 3 is 2.33 bits per heavy atom. The zero-order valence-electron chi connectivity index (χ0n) is 20.8. The van der Waals surface area contributed by atoms with Gasteiger partial charge in [-0.05, 0) is 92.3 Å². The van der Waals surface area contributed by atoms with Gasteiger partial charge in [-0.25, -0.2) is 5.01 Å². The molecule has 0 bridgehead atoms. The molecular formula is C30H31N3O3. The summed E-state index contributed by atoms with van der Waals surface area (Å²) in [5.74, 6) is 1.68. The van der Waals surface area contributed by atoms with Crippen molar-refractivity contribution in [1.29, 1.82) is 0 Å². The van der Waals surface area contributed by atoms with E-state index in [-0.39, 0.29) is 17.9 Å². The van der Waals surface area contributed by atoms with Gasteiger partial charge in [-0.3, -0.25) is 9.78 Å². The molecular weight excluding hydrogens is 450 g/mol. The van der Waals surface area contributed by atoms with Crippen molar-refractivity contribution in [3.05, 3.63) is 95.3 Å². The molecule has 0 N–H and O–H groups in total. The van der Waals surface area contributed by atoms with Crippen molar-refractivity contribution >= 4 is 17.7 Å². The average Bonchev–Trinajstić information content (AvgIpc) is 3.31. The van der Waals surface area contributed by atoms with Crippen LogP contribution >= 0.6 is 0 Å². The summed E-state index contributed by atoms with van der Waals surface area (Å²) in [4.78, 5) is 17.8. The highest BCUT2D eigenvalue weighted by atomic mass is 16.5. The third-order valence-corrected chi connectivity index (χ3v) is 6.68. The lowest BCUT2D eigenvalue weighted by atomic mass is 9.77. The van der Waals surface area contributed by atoms with E-state index < -0.39 is 0 Å². The monoisotopic (exact) mass is 481 g/mol. The number of fused-ring (bicyclic) bond motifs is 1. The van der Waals surface area contributed by atoms with Crippen molar-refractivity contribution in [2.45, 2.75) is 39.2 Å². The normalized spacial score (nSPS) is 20.1. The predicted octanol–water partition coefficient (Wildman–Crippen LogP) is 6.32. The Bertz CT molecular complexity index is 1250. The summed E-state index contributed by atoms with van der Waals surface area (Å²) < 4.78 is 11.2. The number of carbonyl (C=O) groups is 1. The second kappa shape index (κ2) is 10.8. The van der Waals surface area contributed by atoms with E-state index in [2.05, 4.69) is 35.3 Å². The summed E-state index contributed by atoms with van der Waals surface area (Å²) in [5, 5.41) is 6.65. The maximum atomic E-state index is 13.6. The van der Waals surface area contributed by atoms with E-state index in [0.29, 0.717) is 18.8 Å². The third kappa shape index (κ3) is 4.89. The Labute approximate surface area is 212 Å². The maximum absolute atomic E-state index is 13.6. The van der Waals surface area contributed by atoms with Crippen molar-refractivity contribution in [1.82, 2.24) is 9.99 Å². The molecule has 0 saturated heterocycles. The summed E-state index contributed by atoms with van der Waals surface area (Å²) in [6.45, 7) is 5.21. The lowest BCUT2D eigenvalue weighted by Gasteiger charge is -2.29. The Morgan fingerprint density at radius 2 is 1.69 bits per heavy atom. The second-order valence-corrected chi connectivity index (χ2v) is 8.99. The summed E-state index contributed by atoms with van der Waals surface area (Å²) >= 11 is 0. The summed E-state index contributed by atoms with van der Waals surface area (Å²) in [5.41, 5.74) is 4.89. The van der Waals surface area contributed by atoms with Gasteiger partial charge in [-0.1, -0.05) is 24.3 Å². The number of hydrazone groups is 1. The standard InChI is InChI=1S/C30H31N3O3/c1-3-35-25-14-10-21(11-15-25)19-23-7-5-9-27-28(23)32-33(30(34)24-8-6-18-31-20-24)29(27)22-12-16-26(17-13-22)36-4-2/h6,8,10-20,27,29H,3-5,7,9H2,1-2H3/b23-19-/t27-,29-/m0/s1. The molecule has 184 valence electrons. The SMILES string of the molecule is CCOc1ccc(/C=C2/CCC[C@H]3C2=NN(C(=O)c2cccnc2)[C@H]3c2ccc(OCC)cc2)cc1. The quantitative estimate of drug-likeness (QED) is 0.396. The number of amides is 1. The molecule has 6 heteroatoms. The van der Waals surface area contributed by atoms with Crippen LogP contribution in [0.1, 0.15) is 60.6 Å². The lowest BCUT2D eigenvalue weighted by Crippen LogP contribution is -2.32. The number of carbonyl (C=O) groups excluding carboxylic acids is 1. The van der Waals surface area contributed by atoms with E-state index in [4.69, 9.17) is 14.6 Å². The number of hydrogen-bond acceptors (Lipinski definition) is 5. The highest BCUT2D eigenvalue weighted by Crippen LogP contribution is 2.45. The molecule has 2 heterocycles. The van der Waals surface area contributed by atoms with Crippen molar-refractivity contribution in [2.75, 3.05) is 13.2 Å². The van der Waals surface area contributed by atoms with Gasteiger partial charge in [-0.15, -0.1) is 0 Å². The minimum Gasteiger partial charge on any atom is -0.494 e. The molecule has 1 amide bonds. The van der Waals surface area contributed by atoms with E-state index in [1.165, 1.54) is 5.57 Å². The zero-order chi connectivity index (χ0) is 24.9. The highest BCUT2D eigenvalue weighted by molar-refractivity contribution is 6.09. The number of nitrogens with zero attached hydrogens (tertiary/aromatic N) is 3. The molecule has 5 rings (SSSR count). The number of aromatic nitrogens is 1. The van der Waals surface area contributed by atoms with Gasteiger partial charge < -0.3 is 9.47 Å². The van der Waals surface area contributed by atoms with Crippen LogP contribution in [0.5, 0.6) is 11.5 Å². The fourth-order valence-electron chi connectivity index (χ4n) is 5.08. The molecule has 1 aromatic heterocycles. The van der Waals surface area contributed by atoms with Crippen LogP contribution in [0.2, 0.25) is 0 Å². The molecule has 0 spiro atoms. The van der Waals surface area contributed by atoms with Gasteiger partial charge in [-0.2, -0.15) is 5.10 Å². The fraction of sp³-hybridized carbons (Fsp3) is 0.300. The number of rotatable bonds is 7. The molecule has 1 aliphatic carbocycles. The first-order valence-electron chi connectivity index (χ1n) is 12.7. The van der Waals surface area contributed by atoms with Crippen LogP contribution < -0.4 is 9.47 Å². The fourth-order valence-corrected chi connectivity index (χ4v) is 5.08. The molecule has 1 aliphatic heterocycles. The van der Waals surface area contributed by atoms with Gasteiger partial charge in [0, 0.05) is 18.3 Å². The van der Waals surface area contributed by atoms with E-state index in [1.807, 2.05) is 38.1 Å². The number of pyridine rings is 1. The first kappa shape index (κ1) is 23.8. The smallest absolute Gasteiger partial charge is 0.276 e. The molecule has 0 unspecified atom stereocenters. The van der Waals surface area contributed by atoms with Gasteiger partial charge in [0.1, 0.15) is 11.5 Å². The molecule has 2 aliphatic rings. The minimum absolute atomic E-state index is 0.131. The van der Waals surface area contributed by atoms with Crippen LogP contribution in [-0.2, 0) is 0 Å². The first-order valence-corrected chi connectivity index (χ1v) is 12.7. The molecule has 2 atom stereocenters. The summed E-state index contributed by atoms with van der Waals surface area (Å²) in [7, 11) is 0. The van der Waals surface area contributed by atoms with Crippen LogP contribution in [0.4, 0.5) is 0 Å². The lowest BCUT2D eigenvalue weighted by molar-refractivity contribution is 0.0680. The topological polar surface area (TPSA) is 64.0 Å². The molecule has 2 aromatic carbocycles. The van der Waals surface area contributed by atoms with E-state index >= 15 is 0 Å². The van der Waals surface area contributed by atoms with Gasteiger partial charge in [0.25, 0.3) is 5.91 Å². The first-order chi connectivity index (χ1) is 17.7. The number of hydrogen-bond donors (Lipinski definition) is 0. The Hall–Kier alpha value is -3.93. The van der Waals surface area contributed by atoms with E-state index in [9.17, 15) is 4.79 Å². The van der Waals surface area contributed by atoms with Gasteiger partial charge in [0.05, 0.1) is 30.5 Å². The molecule has 6 nitrogen and oxygen atoms in total. The number of benzene rings is 2. The largest absolute Gasteiger partial charge is 0.494 e. The van der Waals surface area contributed by atoms with Crippen LogP contribution in [0, 0.1) is 5.92 Å². The molecule has 3 aromatic rings. The van der Waals surface area contributed by atoms with Crippen LogP contribution in [-0.4, -0.2) is 34.8 Å². The van der Waals surface area contributed by atoms with Crippen LogP contribution in [0.15, 0.2) is 83.7 Å². The minimum atomic E-state index is -0.174. The summed E-state index contributed by atoms with van der Waals surface area (Å²) in [6, 6.07) is 19.6. The van der Waals surface area contributed by atoms with Crippen LogP contribution in [0.25, 0.3) is 6.08 Å². The van der Waals surface area contributed by atoms with Crippen molar-refractivity contribution in [2.24, 2.45) is 11.0 Å². The number of ether oxygens (including phenoxy) is 2. The summed E-state index contributed by atoms with van der Waals surface area (Å²) in [6.07, 6.45) is 8.45. The number of allylic oxidation sites excluding steroid dienone is 1. The average molecular weight is 482 g/mol. The van der Waals surface area contributed by atoms with Crippen molar-refractivity contribution in [3.8, 4) is 11.5 Å². The van der Waals surface area contributed by atoms with E-state index in [0.717, 1.165) is 47.6 Å². The maximum Gasteiger partial charge on any atom is 0.276 e. The van der Waals surface area contributed by atoms with Gasteiger partial charge >= 0.3 is 0 Å². The molecule has 36 heavy (non-hydrogen) atoms. The Kier molecular flexibility index (Phi) is 7.12. The van der Waals surface area contributed by atoms with Gasteiger partial charge in [0.2, 0.25) is 0 Å². The zero-order valence-corrected chi connectivity index (χ0v) is 20.8. The third-order valence-electron chi connectivity index (χ3n) is 6.68. The molecule has 1 fully saturated rings. The molecule has 1 saturated carbocycles. The van der Waals surface area contributed by atoms with E-state index in [1.54, 1.807) is 29.5 Å². The Morgan fingerprint density at radius 1 is 1.00 bits per heavy atom. The van der Waals surface area contributed by atoms with Crippen molar-refractivity contribution < 1.29 is 14.3 Å². The predicted molar refractivity (Wildman–Crippen MR) is 141 cm³/mol. The highest BCUT2D eigenvalue weighted by Gasteiger charge is 2.44. The second-order valence-electron chi connectivity index (χ2n) is 8.99. The Balaban J connectivity index is 1.51. The van der Waals surface area contributed by atoms with Crippen molar-refractivity contribution in [3.63, 3.8) is 0 Å². The van der Waals surface area contributed by atoms with Crippen LogP contribution in [0.3, 0.4) is 0 Å². The van der Waals surface area contributed by atoms with Gasteiger partial charge in [0.15, 0.2) is 0 Å².